The Balaban J connectivity index is 2.40. The van der Waals surface area contributed by atoms with Crippen molar-refractivity contribution in [1.29, 1.82) is 0 Å². The van der Waals surface area contributed by atoms with Gasteiger partial charge in [-0.1, -0.05) is 0 Å². The van der Waals surface area contributed by atoms with E-state index in [2.05, 4.69) is 0 Å². The Morgan fingerprint density at radius 3 is 2.31 bits per heavy atom. The molecule has 0 aliphatic rings. The van der Waals surface area contributed by atoms with Gasteiger partial charge in [0.15, 0.2) is 5.75 Å². The number of non-ortho nitro benzene ring substituents is 1. The maximum atomic E-state index is 12.7. The van der Waals surface area contributed by atoms with Crippen LogP contribution >= 0.6 is 0 Å². The highest BCUT2D eigenvalue weighted by Gasteiger charge is 2.46. The first kappa shape index (κ1) is 22.1. The third-order valence-corrected chi connectivity index (χ3v) is 4.69. The van der Waals surface area contributed by atoms with Gasteiger partial charge in [0.25, 0.3) is 5.69 Å². The third kappa shape index (κ3) is 5.19. The van der Waals surface area contributed by atoms with E-state index in [9.17, 15) is 31.7 Å². The Labute approximate surface area is 163 Å². The lowest BCUT2D eigenvalue weighted by atomic mass is 10.2. The molecule has 2 rings (SSSR count). The normalized spacial score (nSPS) is 11.6. The molecule has 13 heteroatoms. The molecule has 1 N–H and O–H groups in total. The molecule has 0 bridgehead atoms. The Morgan fingerprint density at radius 1 is 1.07 bits per heavy atom. The Hall–Kier alpha value is -3.22. The molecule has 0 amide bonds. The monoisotopic (exact) mass is 436 g/mol. The van der Waals surface area contributed by atoms with Crippen molar-refractivity contribution in [2.75, 3.05) is 18.9 Å². The van der Waals surface area contributed by atoms with Gasteiger partial charge in [0.05, 0.1) is 30.9 Å². The lowest BCUT2D eigenvalue weighted by Crippen LogP contribution is -2.30. The lowest BCUT2D eigenvalue weighted by molar-refractivity contribution is -0.384. The smallest absolute Gasteiger partial charge is 0.497 e. The second-order valence-electron chi connectivity index (χ2n) is 5.46. The van der Waals surface area contributed by atoms with Gasteiger partial charge in [0.1, 0.15) is 18.1 Å². The minimum Gasteiger partial charge on any atom is -0.497 e. The van der Waals surface area contributed by atoms with Gasteiger partial charge in [-0.25, -0.2) is 0 Å². The van der Waals surface area contributed by atoms with Gasteiger partial charge in [-0.3, -0.25) is 14.8 Å². The summed E-state index contributed by atoms with van der Waals surface area (Å²) in [6, 6.07) is 7.13. The predicted octanol–water partition coefficient (Wildman–Crippen LogP) is 3.45. The van der Waals surface area contributed by atoms with E-state index in [4.69, 9.17) is 14.2 Å². The molecule has 0 saturated carbocycles. The molecule has 0 atom stereocenters. The highest BCUT2D eigenvalue weighted by molar-refractivity contribution is 7.93. The minimum absolute atomic E-state index is 0.303. The molecule has 0 aliphatic heterocycles. The number of sulfonamides is 1. The van der Waals surface area contributed by atoms with Crippen LogP contribution in [0.1, 0.15) is 5.56 Å². The van der Waals surface area contributed by atoms with Crippen molar-refractivity contribution in [2.45, 2.75) is 12.1 Å². The summed E-state index contributed by atoms with van der Waals surface area (Å²) in [5, 5.41) is 11.0. The molecular weight excluding hydrogens is 421 g/mol. The van der Waals surface area contributed by atoms with Crippen LogP contribution in [-0.4, -0.2) is 33.1 Å². The van der Waals surface area contributed by atoms with Crippen LogP contribution in [0.5, 0.6) is 17.2 Å². The van der Waals surface area contributed by atoms with Crippen molar-refractivity contribution in [3.8, 4) is 17.2 Å². The van der Waals surface area contributed by atoms with Crippen LogP contribution in [-0.2, 0) is 16.6 Å². The number of ether oxygens (including phenoxy) is 3. The van der Waals surface area contributed by atoms with Crippen LogP contribution in [0.15, 0.2) is 36.4 Å². The van der Waals surface area contributed by atoms with Crippen LogP contribution in [0.25, 0.3) is 0 Å². The van der Waals surface area contributed by atoms with E-state index in [-0.39, 0.29) is 6.61 Å². The highest BCUT2D eigenvalue weighted by atomic mass is 32.2. The number of methoxy groups -OCH3 is 2. The van der Waals surface area contributed by atoms with E-state index < -0.39 is 37.6 Å². The molecule has 2 aromatic carbocycles. The fraction of sp³-hybridized carbons (Fsp3) is 0.250. The average molecular weight is 436 g/mol. The molecule has 0 aromatic heterocycles. The predicted molar refractivity (Wildman–Crippen MR) is 95.6 cm³/mol. The number of nitrogens with zero attached hydrogens (tertiary/aromatic N) is 1. The molecule has 29 heavy (non-hydrogen) atoms. The molecule has 0 heterocycles. The summed E-state index contributed by atoms with van der Waals surface area (Å²) in [4.78, 5) is 10.2. The molecule has 2 aromatic rings. The Bertz CT molecular complexity index is 1010. The first-order valence-corrected chi connectivity index (χ1v) is 9.18. The zero-order valence-corrected chi connectivity index (χ0v) is 15.8. The van der Waals surface area contributed by atoms with Gasteiger partial charge < -0.3 is 14.2 Å². The molecule has 0 unspecified atom stereocenters. The quantitative estimate of drug-likeness (QED) is 0.498. The van der Waals surface area contributed by atoms with Crippen LogP contribution in [0, 0.1) is 10.1 Å². The fourth-order valence-electron chi connectivity index (χ4n) is 2.18. The molecule has 0 aliphatic carbocycles. The number of hydrogen-bond acceptors (Lipinski definition) is 7. The van der Waals surface area contributed by atoms with Crippen molar-refractivity contribution in [3.05, 3.63) is 52.1 Å². The highest BCUT2D eigenvalue weighted by Crippen LogP contribution is 2.34. The molecule has 158 valence electrons. The van der Waals surface area contributed by atoms with Crippen LogP contribution < -0.4 is 18.9 Å². The third-order valence-electron chi connectivity index (χ3n) is 3.60. The Morgan fingerprint density at radius 2 is 1.76 bits per heavy atom. The van der Waals surface area contributed by atoms with Crippen molar-refractivity contribution < 1.29 is 40.7 Å². The van der Waals surface area contributed by atoms with Gasteiger partial charge in [-0.05, 0) is 24.3 Å². The summed E-state index contributed by atoms with van der Waals surface area (Å²) in [6.07, 6.45) is 0. The number of nitro benzene ring substituents is 1. The first-order chi connectivity index (χ1) is 13.5. The average Bonchev–Trinajstić information content (AvgIpc) is 2.65. The summed E-state index contributed by atoms with van der Waals surface area (Å²) < 4.78 is 77.7. The van der Waals surface area contributed by atoms with Crippen molar-refractivity contribution in [1.82, 2.24) is 0 Å². The number of nitro groups is 1. The Kier molecular flexibility index (Phi) is 6.41. The van der Waals surface area contributed by atoms with Crippen molar-refractivity contribution in [2.24, 2.45) is 0 Å². The van der Waals surface area contributed by atoms with E-state index in [1.807, 2.05) is 0 Å². The van der Waals surface area contributed by atoms with E-state index in [1.54, 1.807) is 12.1 Å². The second kappa shape index (κ2) is 8.43. The van der Waals surface area contributed by atoms with Gasteiger partial charge in [0.2, 0.25) is 0 Å². The molecule has 0 fully saturated rings. The number of hydrogen-bond donors (Lipinski definition) is 1. The summed E-state index contributed by atoms with van der Waals surface area (Å²) in [7, 11) is -2.97. The van der Waals surface area contributed by atoms with Crippen molar-refractivity contribution >= 4 is 21.4 Å². The standard InChI is InChI=1S/C16H15F3N2O7S/c1-26-12-4-6-14(27-2)10(7-12)9-28-15-8-11(21(22)23)3-5-13(15)20-29(24,25)16(17,18)19/h3-8,20H,9H2,1-2H3. The number of benzene rings is 2. The van der Waals surface area contributed by atoms with Crippen molar-refractivity contribution in [3.63, 3.8) is 0 Å². The van der Waals surface area contributed by atoms with Gasteiger partial charge in [0, 0.05) is 11.6 Å². The second-order valence-corrected chi connectivity index (χ2v) is 7.13. The van der Waals surface area contributed by atoms with E-state index in [1.165, 1.54) is 25.0 Å². The fourth-order valence-corrected chi connectivity index (χ4v) is 2.76. The zero-order valence-electron chi connectivity index (χ0n) is 15.0. The van der Waals surface area contributed by atoms with Gasteiger partial charge in [-0.15, -0.1) is 0 Å². The largest absolute Gasteiger partial charge is 0.516 e. The lowest BCUT2D eigenvalue weighted by Gasteiger charge is -2.16. The molecule has 0 spiro atoms. The maximum absolute atomic E-state index is 12.7. The summed E-state index contributed by atoms with van der Waals surface area (Å²) in [5.74, 6) is 0.312. The minimum atomic E-state index is -5.76. The summed E-state index contributed by atoms with van der Waals surface area (Å²) in [6.45, 7) is -0.303. The maximum Gasteiger partial charge on any atom is 0.516 e. The first-order valence-electron chi connectivity index (χ1n) is 7.69. The topological polar surface area (TPSA) is 117 Å². The van der Waals surface area contributed by atoms with E-state index >= 15 is 0 Å². The molecule has 9 nitrogen and oxygen atoms in total. The molecule has 0 radical (unpaired) electrons. The summed E-state index contributed by atoms with van der Waals surface area (Å²) >= 11 is 0. The van der Waals surface area contributed by atoms with Gasteiger partial charge in [-0.2, -0.15) is 21.6 Å². The van der Waals surface area contributed by atoms with Crippen LogP contribution in [0.4, 0.5) is 24.5 Å². The van der Waals surface area contributed by atoms with E-state index in [0.717, 1.165) is 18.2 Å². The number of alkyl halides is 3. The molecular formula is C16H15F3N2O7S. The number of nitrogens with one attached hydrogen (secondary N) is 1. The number of anilines is 1. The SMILES string of the molecule is COc1ccc(OC)c(COc2cc([N+](=O)[O-])ccc2NS(=O)(=O)C(F)(F)F)c1. The molecule has 0 saturated heterocycles. The summed E-state index contributed by atoms with van der Waals surface area (Å²) in [5.41, 5.74) is -6.30. The van der Waals surface area contributed by atoms with Crippen LogP contribution in [0.3, 0.4) is 0 Å². The van der Waals surface area contributed by atoms with Crippen LogP contribution in [0.2, 0.25) is 0 Å². The van der Waals surface area contributed by atoms with E-state index in [0.29, 0.717) is 17.1 Å². The number of halogens is 3. The van der Waals surface area contributed by atoms with Gasteiger partial charge >= 0.3 is 15.5 Å². The zero-order chi connectivity index (χ0) is 21.8. The number of rotatable bonds is 8.